The van der Waals surface area contributed by atoms with Crippen LogP contribution in [0.15, 0.2) is 32.6 Å². The van der Waals surface area contributed by atoms with Crippen LogP contribution in [0.5, 0.6) is 0 Å². The summed E-state index contributed by atoms with van der Waals surface area (Å²) in [4.78, 5) is 55.1. The van der Waals surface area contributed by atoms with Crippen molar-refractivity contribution >= 4 is 51.3 Å². The van der Waals surface area contributed by atoms with Crippen LogP contribution in [0.1, 0.15) is 44.2 Å². The molecule has 1 aliphatic carbocycles. The first-order chi connectivity index (χ1) is 16.8. The predicted octanol–water partition coefficient (Wildman–Crippen LogP) is 1.48. The number of halogens is 1. The van der Waals surface area contributed by atoms with Crippen molar-refractivity contribution in [2.45, 2.75) is 38.8 Å². The van der Waals surface area contributed by atoms with Gasteiger partial charge in [-0.25, -0.2) is 9.78 Å². The lowest BCUT2D eigenvalue weighted by atomic mass is 9.96. The summed E-state index contributed by atoms with van der Waals surface area (Å²) in [6.45, 7) is 1.82. The SMILES string of the molecule is Cl.NCc1ccc2c(c1)CN(c1c(N)c(=O)c1=O)CC2.O=C(O)c1nc2sc3c(c2c(=O)[nH]1)CCC3. The summed E-state index contributed by atoms with van der Waals surface area (Å²) in [6, 6.07) is 6.17. The molecule has 2 aromatic carbocycles. The molecule has 3 heterocycles. The Bertz CT molecular complexity index is 1620. The van der Waals surface area contributed by atoms with Gasteiger partial charge >= 0.3 is 5.97 Å². The number of aromatic nitrogens is 2. The molecule has 36 heavy (non-hydrogen) atoms. The quantitative estimate of drug-likeness (QED) is 0.287. The predicted molar refractivity (Wildman–Crippen MR) is 141 cm³/mol. The van der Waals surface area contributed by atoms with E-state index in [2.05, 4.69) is 22.1 Å². The van der Waals surface area contributed by atoms with Crippen LogP contribution in [0.2, 0.25) is 0 Å². The number of carboxylic acid groups (broad SMARTS) is 1. The number of carbonyl (C=O) groups is 1. The van der Waals surface area contributed by atoms with Crippen molar-refractivity contribution in [3.63, 3.8) is 0 Å². The summed E-state index contributed by atoms with van der Waals surface area (Å²) in [5.74, 6) is -1.48. The standard InChI is InChI=1S/C14H15N3O2.C10H8N2O3S.ClH/c15-6-8-1-2-9-3-4-17(7-10(9)5-8)12-11(16)13(18)14(12)19;13-8-6-4-2-1-3-5(4)16-9(6)12-7(11-8)10(14)15;/h1-2,5H,3-4,6-7,15-16H2;1-3H2,(H,14,15)(H,11,12,13);1H. The van der Waals surface area contributed by atoms with Crippen molar-refractivity contribution in [3.05, 3.63) is 82.0 Å². The van der Waals surface area contributed by atoms with Gasteiger partial charge in [-0.3, -0.25) is 14.4 Å². The zero-order valence-electron chi connectivity index (χ0n) is 19.1. The van der Waals surface area contributed by atoms with Gasteiger partial charge in [0.2, 0.25) is 5.82 Å². The number of nitrogens with zero attached hydrogens (tertiary/aromatic N) is 2. The zero-order chi connectivity index (χ0) is 24.9. The fourth-order valence-corrected chi connectivity index (χ4v) is 6.01. The van der Waals surface area contributed by atoms with Gasteiger partial charge in [0.05, 0.1) is 5.39 Å². The Morgan fingerprint density at radius 2 is 1.92 bits per heavy atom. The molecule has 1 aliphatic heterocycles. The number of rotatable bonds is 3. The van der Waals surface area contributed by atoms with Crippen LogP contribution >= 0.6 is 23.7 Å². The number of hydrogen-bond donors (Lipinski definition) is 4. The second kappa shape index (κ2) is 9.84. The molecule has 0 saturated heterocycles. The lowest BCUT2D eigenvalue weighted by Gasteiger charge is -2.31. The van der Waals surface area contributed by atoms with E-state index >= 15 is 0 Å². The molecule has 0 spiro atoms. The average molecular weight is 530 g/mol. The summed E-state index contributed by atoms with van der Waals surface area (Å²) in [6.07, 6.45) is 3.78. The molecule has 6 N–H and O–H groups in total. The van der Waals surface area contributed by atoms with Crippen LogP contribution in [-0.4, -0.2) is 27.6 Å². The lowest BCUT2D eigenvalue weighted by Crippen LogP contribution is -2.44. The van der Waals surface area contributed by atoms with Crippen molar-refractivity contribution in [2.24, 2.45) is 5.73 Å². The lowest BCUT2D eigenvalue weighted by molar-refractivity contribution is 0.0683. The maximum Gasteiger partial charge on any atom is 0.372 e. The maximum absolute atomic E-state index is 11.8. The van der Waals surface area contributed by atoms with Gasteiger partial charge in [0.25, 0.3) is 16.4 Å². The summed E-state index contributed by atoms with van der Waals surface area (Å²) in [5, 5.41) is 9.37. The van der Waals surface area contributed by atoms with Crippen LogP contribution in [0.4, 0.5) is 11.4 Å². The van der Waals surface area contributed by atoms with E-state index in [1.165, 1.54) is 21.8 Å². The minimum absolute atomic E-state index is 0. The minimum Gasteiger partial charge on any atom is -0.475 e. The third-order valence-electron chi connectivity index (χ3n) is 6.53. The fraction of sp³-hybridized carbons (Fsp3) is 0.292. The Labute approximate surface area is 214 Å². The van der Waals surface area contributed by atoms with E-state index in [1.54, 1.807) is 0 Å². The molecule has 0 bridgehead atoms. The van der Waals surface area contributed by atoms with Crippen LogP contribution in [0.3, 0.4) is 0 Å². The highest BCUT2D eigenvalue weighted by Crippen LogP contribution is 2.34. The van der Waals surface area contributed by atoms with Gasteiger partial charge in [0.15, 0.2) is 0 Å². The Kier molecular flexibility index (Phi) is 6.98. The number of thiophene rings is 1. The van der Waals surface area contributed by atoms with E-state index in [-0.39, 0.29) is 29.5 Å². The monoisotopic (exact) mass is 529 g/mol. The second-order valence-corrected chi connectivity index (χ2v) is 9.74. The average Bonchev–Trinajstić information content (AvgIpc) is 3.45. The molecular weight excluding hydrogens is 506 g/mol. The van der Waals surface area contributed by atoms with Crippen molar-refractivity contribution in [3.8, 4) is 0 Å². The third-order valence-corrected chi connectivity index (χ3v) is 7.72. The smallest absolute Gasteiger partial charge is 0.372 e. The molecule has 0 radical (unpaired) electrons. The van der Waals surface area contributed by atoms with Gasteiger partial charge in [-0.05, 0) is 47.9 Å². The number of aromatic amines is 1. The number of carboxylic acids is 1. The first-order valence-electron chi connectivity index (χ1n) is 11.2. The van der Waals surface area contributed by atoms with E-state index in [4.69, 9.17) is 16.6 Å². The highest BCUT2D eigenvalue weighted by atomic mass is 35.5. The van der Waals surface area contributed by atoms with Gasteiger partial charge in [-0.15, -0.1) is 23.7 Å². The molecule has 188 valence electrons. The Morgan fingerprint density at radius 3 is 2.61 bits per heavy atom. The summed E-state index contributed by atoms with van der Waals surface area (Å²) in [7, 11) is 0. The van der Waals surface area contributed by atoms with E-state index in [0.29, 0.717) is 35.5 Å². The van der Waals surface area contributed by atoms with Gasteiger partial charge in [-0.2, -0.15) is 0 Å². The molecule has 0 atom stereocenters. The highest BCUT2D eigenvalue weighted by Gasteiger charge is 2.27. The number of H-pyrrole nitrogens is 1. The van der Waals surface area contributed by atoms with Crippen LogP contribution in [0, 0.1) is 0 Å². The van der Waals surface area contributed by atoms with Gasteiger partial charge < -0.3 is 26.5 Å². The van der Waals surface area contributed by atoms with Crippen molar-refractivity contribution in [1.82, 2.24) is 9.97 Å². The molecule has 0 saturated carbocycles. The van der Waals surface area contributed by atoms with Gasteiger partial charge in [-0.1, -0.05) is 18.2 Å². The van der Waals surface area contributed by atoms with E-state index in [1.807, 2.05) is 11.0 Å². The van der Waals surface area contributed by atoms with E-state index in [9.17, 15) is 19.2 Å². The Morgan fingerprint density at radius 1 is 1.14 bits per heavy atom. The molecule has 2 aliphatic rings. The molecule has 0 fully saturated rings. The maximum atomic E-state index is 11.8. The van der Waals surface area contributed by atoms with Crippen molar-refractivity contribution < 1.29 is 9.90 Å². The summed E-state index contributed by atoms with van der Waals surface area (Å²) in [5.41, 5.74) is 14.9. The number of benzene rings is 1. The molecule has 0 amide bonds. The topological polar surface area (TPSA) is 172 Å². The largest absolute Gasteiger partial charge is 0.475 e. The third kappa shape index (κ3) is 4.29. The van der Waals surface area contributed by atoms with E-state index < -0.39 is 16.8 Å². The number of nitrogens with two attached hydrogens (primary N) is 2. The number of anilines is 2. The highest BCUT2D eigenvalue weighted by molar-refractivity contribution is 7.18. The van der Waals surface area contributed by atoms with Gasteiger partial charge in [0, 0.05) is 24.5 Å². The molecule has 4 aromatic rings. The number of nitrogens with one attached hydrogen (secondary N) is 1. The normalized spacial score (nSPS) is 14.1. The molecule has 10 nitrogen and oxygen atoms in total. The van der Waals surface area contributed by atoms with Crippen molar-refractivity contribution in [2.75, 3.05) is 17.2 Å². The van der Waals surface area contributed by atoms with Crippen LogP contribution in [-0.2, 0) is 32.4 Å². The molecule has 2 aromatic heterocycles. The first-order valence-corrected chi connectivity index (χ1v) is 12.0. The number of hydrogen-bond acceptors (Lipinski definition) is 9. The summed E-state index contributed by atoms with van der Waals surface area (Å²) >= 11 is 1.44. The zero-order valence-corrected chi connectivity index (χ0v) is 20.8. The Hall–Kier alpha value is -3.54. The molecule has 12 heteroatoms. The van der Waals surface area contributed by atoms with E-state index in [0.717, 1.165) is 42.4 Å². The Balaban J connectivity index is 0.000000167. The molecule has 6 rings (SSSR count). The van der Waals surface area contributed by atoms with Gasteiger partial charge in [0.1, 0.15) is 16.2 Å². The summed E-state index contributed by atoms with van der Waals surface area (Å²) < 4.78 is 0. The number of nitrogen functional groups attached to an aromatic ring is 1. The number of aromatic carboxylic acids is 1. The van der Waals surface area contributed by atoms with Crippen LogP contribution in [0.25, 0.3) is 10.2 Å². The molecule has 0 unspecified atom stereocenters. The number of fused-ring (bicyclic) bond motifs is 4. The fourth-order valence-electron chi connectivity index (χ4n) is 4.74. The second-order valence-electron chi connectivity index (χ2n) is 8.66. The molecular formula is C24H24ClN5O5S. The van der Waals surface area contributed by atoms with Crippen molar-refractivity contribution in [1.29, 1.82) is 0 Å². The number of aryl methyl sites for hydroxylation is 2. The van der Waals surface area contributed by atoms with Crippen LogP contribution < -0.4 is 32.8 Å². The minimum atomic E-state index is -1.20. The first kappa shape index (κ1) is 25.5.